The minimum Gasteiger partial charge on any atom is -0.352 e. The van der Waals surface area contributed by atoms with Gasteiger partial charge in [0, 0.05) is 12.4 Å². The summed E-state index contributed by atoms with van der Waals surface area (Å²) in [6.45, 7) is 0.524. The Bertz CT molecular complexity index is 587. The lowest BCUT2D eigenvalue weighted by Crippen LogP contribution is -2.25. The fraction of sp³-hybridized carbons (Fsp3) is 0.188. The zero-order valence-electron chi connectivity index (χ0n) is 10.6. The molecule has 0 fully saturated rings. The van der Waals surface area contributed by atoms with E-state index in [1.54, 1.807) is 0 Å². The number of fused-ring (bicyclic) bond motifs is 1. The maximum Gasteiger partial charge on any atom is 0.224 e. The van der Waals surface area contributed by atoms with Crippen molar-refractivity contribution in [2.75, 3.05) is 12.4 Å². The van der Waals surface area contributed by atoms with Gasteiger partial charge in [-0.15, -0.1) is 11.6 Å². The van der Waals surface area contributed by atoms with Crippen LogP contribution in [-0.2, 0) is 11.2 Å². The molecule has 2 rings (SSSR count). The molecule has 0 radical (unpaired) electrons. The van der Waals surface area contributed by atoms with E-state index in [1.807, 2.05) is 42.5 Å². The third kappa shape index (κ3) is 3.83. The Balaban J connectivity index is 2.05. The fourth-order valence-corrected chi connectivity index (χ4v) is 2.13. The number of allylic oxidation sites excluding steroid dienone is 1. The molecule has 0 aliphatic rings. The van der Waals surface area contributed by atoms with Crippen molar-refractivity contribution < 1.29 is 4.79 Å². The molecule has 3 heteroatoms. The van der Waals surface area contributed by atoms with Crippen molar-refractivity contribution >= 4 is 28.3 Å². The molecule has 1 N–H and O–H groups in total. The summed E-state index contributed by atoms with van der Waals surface area (Å²) in [7, 11) is 0. The predicted octanol–water partition coefficient (Wildman–Crippen LogP) is 3.29. The van der Waals surface area contributed by atoms with Crippen molar-refractivity contribution in [1.82, 2.24) is 5.32 Å². The number of alkyl halides is 1. The molecule has 0 aliphatic carbocycles. The first kappa shape index (κ1) is 13.6. The van der Waals surface area contributed by atoms with Crippen LogP contribution in [0.1, 0.15) is 5.56 Å². The summed E-state index contributed by atoms with van der Waals surface area (Å²) in [5, 5.41) is 5.14. The number of rotatable bonds is 5. The van der Waals surface area contributed by atoms with Gasteiger partial charge in [-0.3, -0.25) is 4.79 Å². The maximum atomic E-state index is 11.8. The van der Waals surface area contributed by atoms with Crippen LogP contribution in [0.15, 0.2) is 54.6 Å². The van der Waals surface area contributed by atoms with Gasteiger partial charge in [0.1, 0.15) is 0 Å². The van der Waals surface area contributed by atoms with Gasteiger partial charge in [-0.2, -0.15) is 0 Å². The molecule has 2 aromatic rings. The van der Waals surface area contributed by atoms with E-state index in [9.17, 15) is 4.79 Å². The number of halogens is 1. The van der Waals surface area contributed by atoms with E-state index < -0.39 is 0 Å². The van der Waals surface area contributed by atoms with Crippen LogP contribution in [0.4, 0.5) is 0 Å². The molecule has 0 spiro atoms. The first-order chi connectivity index (χ1) is 9.31. The van der Waals surface area contributed by atoms with Gasteiger partial charge in [0.15, 0.2) is 0 Å². The second-order valence-electron chi connectivity index (χ2n) is 4.24. The standard InChI is InChI=1S/C16H16ClNO/c17-10-3-4-11-18-16(19)12-14-8-5-7-13-6-1-2-9-15(13)14/h1-9H,10-12H2,(H,18,19)/b4-3+. The van der Waals surface area contributed by atoms with E-state index in [1.165, 1.54) is 0 Å². The van der Waals surface area contributed by atoms with Crippen LogP contribution < -0.4 is 5.32 Å². The normalized spacial score (nSPS) is 11.0. The van der Waals surface area contributed by atoms with Gasteiger partial charge in [0.05, 0.1) is 6.42 Å². The second kappa shape index (κ2) is 6.95. The molecule has 0 saturated heterocycles. The van der Waals surface area contributed by atoms with E-state index >= 15 is 0 Å². The van der Waals surface area contributed by atoms with Gasteiger partial charge in [-0.25, -0.2) is 0 Å². The van der Waals surface area contributed by atoms with Crippen molar-refractivity contribution in [3.05, 3.63) is 60.2 Å². The average Bonchev–Trinajstić information content (AvgIpc) is 2.44. The predicted molar refractivity (Wildman–Crippen MR) is 80.5 cm³/mol. The smallest absolute Gasteiger partial charge is 0.224 e. The van der Waals surface area contributed by atoms with Crippen LogP contribution in [0.25, 0.3) is 10.8 Å². The zero-order valence-corrected chi connectivity index (χ0v) is 11.4. The Hall–Kier alpha value is -1.80. The fourth-order valence-electron chi connectivity index (χ4n) is 2.00. The van der Waals surface area contributed by atoms with Gasteiger partial charge >= 0.3 is 0 Å². The van der Waals surface area contributed by atoms with Gasteiger partial charge in [-0.05, 0) is 16.3 Å². The van der Waals surface area contributed by atoms with Crippen molar-refractivity contribution in [3.8, 4) is 0 Å². The Morgan fingerprint density at radius 3 is 2.74 bits per heavy atom. The summed E-state index contributed by atoms with van der Waals surface area (Å²) < 4.78 is 0. The van der Waals surface area contributed by atoms with Crippen molar-refractivity contribution in [3.63, 3.8) is 0 Å². The number of nitrogens with one attached hydrogen (secondary N) is 1. The number of benzene rings is 2. The lowest BCUT2D eigenvalue weighted by molar-refractivity contribution is -0.120. The Morgan fingerprint density at radius 1 is 1.11 bits per heavy atom. The topological polar surface area (TPSA) is 29.1 Å². The molecule has 19 heavy (non-hydrogen) atoms. The number of hydrogen-bond donors (Lipinski definition) is 1. The molecule has 0 atom stereocenters. The Labute approximate surface area is 118 Å². The number of hydrogen-bond acceptors (Lipinski definition) is 1. The maximum absolute atomic E-state index is 11.8. The largest absolute Gasteiger partial charge is 0.352 e. The van der Waals surface area contributed by atoms with Crippen LogP contribution in [0, 0.1) is 0 Å². The van der Waals surface area contributed by atoms with Crippen molar-refractivity contribution in [1.29, 1.82) is 0 Å². The second-order valence-corrected chi connectivity index (χ2v) is 4.55. The number of amides is 1. The van der Waals surface area contributed by atoms with E-state index in [2.05, 4.69) is 17.4 Å². The summed E-state index contributed by atoms with van der Waals surface area (Å²) in [5.74, 6) is 0.495. The molecule has 0 aliphatic heterocycles. The zero-order chi connectivity index (χ0) is 13.5. The molecule has 0 unspecified atom stereocenters. The quantitative estimate of drug-likeness (QED) is 0.657. The lowest BCUT2D eigenvalue weighted by Gasteiger charge is -2.06. The molecule has 0 heterocycles. The molecule has 1 amide bonds. The van der Waals surface area contributed by atoms with E-state index in [4.69, 9.17) is 11.6 Å². The van der Waals surface area contributed by atoms with Crippen LogP contribution in [-0.4, -0.2) is 18.3 Å². The molecule has 98 valence electrons. The molecular formula is C16H16ClNO. The van der Waals surface area contributed by atoms with Gasteiger partial charge in [0.25, 0.3) is 0 Å². The molecular weight excluding hydrogens is 258 g/mol. The first-order valence-electron chi connectivity index (χ1n) is 6.25. The SMILES string of the molecule is O=C(Cc1cccc2ccccc12)NC/C=C/CCl. The van der Waals surface area contributed by atoms with Gasteiger partial charge in [0.2, 0.25) is 5.91 Å². The lowest BCUT2D eigenvalue weighted by atomic mass is 10.0. The molecule has 0 aromatic heterocycles. The summed E-state index contributed by atoms with van der Waals surface area (Å²) in [6, 6.07) is 14.1. The van der Waals surface area contributed by atoms with Gasteiger partial charge in [-0.1, -0.05) is 54.6 Å². The highest BCUT2D eigenvalue weighted by Gasteiger charge is 2.05. The monoisotopic (exact) mass is 273 g/mol. The van der Waals surface area contributed by atoms with Crippen LogP contribution in [0.5, 0.6) is 0 Å². The molecule has 2 nitrogen and oxygen atoms in total. The summed E-state index contributed by atoms with van der Waals surface area (Å²) in [5.41, 5.74) is 1.05. The van der Waals surface area contributed by atoms with E-state index in [0.29, 0.717) is 18.8 Å². The number of carbonyl (C=O) groups excluding carboxylic acids is 1. The minimum absolute atomic E-state index is 0.0237. The van der Waals surface area contributed by atoms with Crippen LogP contribution >= 0.6 is 11.6 Å². The van der Waals surface area contributed by atoms with E-state index in [0.717, 1.165) is 16.3 Å². The summed E-state index contributed by atoms with van der Waals surface area (Å²) >= 11 is 5.51. The highest BCUT2D eigenvalue weighted by atomic mass is 35.5. The summed E-state index contributed by atoms with van der Waals surface area (Å²) in [6.07, 6.45) is 4.07. The Morgan fingerprint density at radius 2 is 1.89 bits per heavy atom. The highest BCUT2D eigenvalue weighted by Crippen LogP contribution is 2.18. The molecule has 0 bridgehead atoms. The highest BCUT2D eigenvalue weighted by molar-refractivity contribution is 6.18. The van der Waals surface area contributed by atoms with Crippen molar-refractivity contribution in [2.24, 2.45) is 0 Å². The number of carbonyl (C=O) groups is 1. The third-order valence-electron chi connectivity index (χ3n) is 2.90. The average molecular weight is 274 g/mol. The summed E-state index contributed by atoms with van der Waals surface area (Å²) in [4.78, 5) is 11.8. The van der Waals surface area contributed by atoms with Gasteiger partial charge < -0.3 is 5.32 Å². The first-order valence-corrected chi connectivity index (χ1v) is 6.79. The Kier molecular flexibility index (Phi) is 4.99. The molecule has 0 saturated carbocycles. The minimum atomic E-state index is 0.0237. The van der Waals surface area contributed by atoms with Crippen LogP contribution in [0.2, 0.25) is 0 Å². The molecule has 2 aromatic carbocycles. The van der Waals surface area contributed by atoms with Crippen LogP contribution in [0.3, 0.4) is 0 Å². The van der Waals surface area contributed by atoms with Crippen molar-refractivity contribution in [2.45, 2.75) is 6.42 Å². The third-order valence-corrected chi connectivity index (χ3v) is 3.08. The van der Waals surface area contributed by atoms with E-state index in [-0.39, 0.29) is 5.91 Å².